The Kier molecular flexibility index (Phi) is 5.12. The van der Waals surface area contributed by atoms with Gasteiger partial charge in [0.1, 0.15) is 6.10 Å². The summed E-state index contributed by atoms with van der Waals surface area (Å²) in [6.45, 7) is 0.353. The highest BCUT2D eigenvalue weighted by Crippen LogP contribution is 2.22. The highest BCUT2D eigenvalue weighted by Gasteiger charge is 2.17. The van der Waals surface area contributed by atoms with Crippen molar-refractivity contribution >= 4 is 11.4 Å². The van der Waals surface area contributed by atoms with E-state index in [1.54, 1.807) is 12.1 Å². The SMILES string of the molecule is NCCC(O)C(O)c1ccc(Nc2ccccc2)cc1. The van der Waals surface area contributed by atoms with E-state index in [1.807, 2.05) is 42.5 Å². The monoisotopic (exact) mass is 272 g/mol. The lowest BCUT2D eigenvalue weighted by Gasteiger charge is -2.17. The molecule has 106 valence electrons. The Labute approximate surface area is 118 Å². The van der Waals surface area contributed by atoms with Crippen LogP contribution in [0, 0.1) is 0 Å². The van der Waals surface area contributed by atoms with Gasteiger partial charge >= 0.3 is 0 Å². The van der Waals surface area contributed by atoms with Crippen LogP contribution in [0.15, 0.2) is 54.6 Å². The number of nitrogens with one attached hydrogen (secondary N) is 1. The van der Waals surface area contributed by atoms with Crippen molar-refractivity contribution in [1.82, 2.24) is 0 Å². The minimum Gasteiger partial charge on any atom is -0.390 e. The highest BCUT2D eigenvalue weighted by atomic mass is 16.3. The van der Waals surface area contributed by atoms with Gasteiger partial charge in [-0.1, -0.05) is 30.3 Å². The molecule has 0 bridgehead atoms. The number of nitrogens with two attached hydrogens (primary N) is 1. The maximum Gasteiger partial charge on any atom is 0.105 e. The Morgan fingerprint density at radius 3 is 2.10 bits per heavy atom. The number of hydrogen-bond acceptors (Lipinski definition) is 4. The second kappa shape index (κ2) is 7.05. The summed E-state index contributed by atoms with van der Waals surface area (Å²) in [5.41, 5.74) is 7.99. The standard InChI is InChI=1S/C16H20N2O2/c17-11-10-15(19)16(20)12-6-8-14(9-7-12)18-13-4-2-1-3-5-13/h1-9,15-16,18-20H,10-11,17H2. The van der Waals surface area contributed by atoms with Gasteiger partial charge in [0.05, 0.1) is 6.10 Å². The summed E-state index contributed by atoms with van der Waals surface area (Å²) in [5, 5.41) is 23.0. The van der Waals surface area contributed by atoms with E-state index >= 15 is 0 Å². The predicted molar refractivity (Wildman–Crippen MR) is 80.8 cm³/mol. The summed E-state index contributed by atoms with van der Waals surface area (Å²) in [4.78, 5) is 0. The van der Waals surface area contributed by atoms with Crippen LogP contribution in [-0.2, 0) is 0 Å². The fourth-order valence-electron chi connectivity index (χ4n) is 2.00. The number of hydrogen-bond donors (Lipinski definition) is 4. The Bertz CT molecular complexity index is 514. The van der Waals surface area contributed by atoms with Crippen LogP contribution in [0.5, 0.6) is 0 Å². The van der Waals surface area contributed by atoms with Crippen molar-refractivity contribution in [3.63, 3.8) is 0 Å². The van der Waals surface area contributed by atoms with Crippen molar-refractivity contribution in [1.29, 1.82) is 0 Å². The van der Waals surface area contributed by atoms with Gasteiger partial charge in [0, 0.05) is 11.4 Å². The molecule has 20 heavy (non-hydrogen) atoms. The lowest BCUT2D eigenvalue weighted by atomic mass is 10.0. The zero-order valence-electron chi connectivity index (χ0n) is 11.2. The van der Waals surface area contributed by atoms with Gasteiger partial charge in [-0.25, -0.2) is 0 Å². The fourth-order valence-corrected chi connectivity index (χ4v) is 2.00. The summed E-state index contributed by atoms with van der Waals surface area (Å²) >= 11 is 0. The summed E-state index contributed by atoms with van der Waals surface area (Å²) in [5.74, 6) is 0. The molecule has 0 aliphatic heterocycles. The zero-order chi connectivity index (χ0) is 14.4. The van der Waals surface area contributed by atoms with Gasteiger partial charge < -0.3 is 21.3 Å². The maximum atomic E-state index is 9.97. The summed E-state index contributed by atoms with van der Waals surface area (Å²) in [6, 6.07) is 17.2. The molecule has 0 saturated carbocycles. The lowest BCUT2D eigenvalue weighted by molar-refractivity contribution is 0.0150. The summed E-state index contributed by atoms with van der Waals surface area (Å²) in [6.07, 6.45) is -1.34. The molecule has 0 radical (unpaired) electrons. The number of para-hydroxylation sites is 1. The van der Waals surface area contributed by atoms with E-state index in [1.165, 1.54) is 0 Å². The third-order valence-corrected chi connectivity index (χ3v) is 3.14. The Balaban J connectivity index is 2.03. The van der Waals surface area contributed by atoms with Crippen LogP contribution in [0.1, 0.15) is 18.1 Å². The molecule has 2 atom stereocenters. The first-order chi connectivity index (χ1) is 9.70. The van der Waals surface area contributed by atoms with Crippen molar-refractivity contribution in [2.75, 3.05) is 11.9 Å². The van der Waals surface area contributed by atoms with Crippen LogP contribution in [-0.4, -0.2) is 22.9 Å². The predicted octanol–water partition coefficient (Wildman–Crippen LogP) is 2.17. The van der Waals surface area contributed by atoms with Crippen molar-refractivity contribution in [3.05, 3.63) is 60.2 Å². The fraction of sp³-hybridized carbons (Fsp3) is 0.250. The Morgan fingerprint density at radius 2 is 1.50 bits per heavy atom. The number of aliphatic hydroxyl groups is 2. The van der Waals surface area contributed by atoms with E-state index < -0.39 is 12.2 Å². The van der Waals surface area contributed by atoms with Crippen LogP contribution in [0.4, 0.5) is 11.4 Å². The first kappa shape index (κ1) is 14.5. The number of anilines is 2. The molecule has 0 saturated heterocycles. The average molecular weight is 272 g/mol. The van der Waals surface area contributed by atoms with Gasteiger partial charge in [-0.15, -0.1) is 0 Å². The minimum absolute atomic E-state index is 0.353. The first-order valence-corrected chi connectivity index (χ1v) is 6.69. The van der Waals surface area contributed by atoms with Crippen LogP contribution < -0.4 is 11.1 Å². The molecular weight excluding hydrogens is 252 g/mol. The molecular formula is C16H20N2O2. The largest absolute Gasteiger partial charge is 0.390 e. The second-order valence-corrected chi connectivity index (χ2v) is 4.70. The molecule has 0 amide bonds. The van der Waals surface area contributed by atoms with E-state index in [-0.39, 0.29) is 0 Å². The van der Waals surface area contributed by atoms with Gasteiger partial charge in [-0.2, -0.15) is 0 Å². The van der Waals surface area contributed by atoms with E-state index in [0.29, 0.717) is 18.5 Å². The Hall–Kier alpha value is -1.88. The topological polar surface area (TPSA) is 78.5 Å². The number of aliphatic hydroxyl groups excluding tert-OH is 2. The minimum atomic E-state index is -0.899. The van der Waals surface area contributed by atoms with Gasteiger partial charge in [-0.05, 0) is 42.8 Å². The normalized spacial score (nSPS) is 13.8. The van der Waals surface area contributed by atoms with Crippen molar-refractivity contribution in [2.45, 2.75) is 18.6 Å². The third-order valence-electron chi connectivity index (χ3n) is 3.14. The molecule has 0 heterocycles. The van der Waals surface area contributed by atoms with Crippen LogP contribution in [0.3, 0.4) is 0 Å². The van der Waals surface area contributed by atoms with Gasteiger partial charge in [0.25, 0.3) is 0 Å². The molecule has 4 heteroatoms. The van der Waals surface area contributed by atoms with Crippen LogP contribution in [0.25, 0.3) is 0 Å². The van der Waals surface area contributed by atoms with Crippen molar-refractivity contribution < 1.29 is 10.2 Å². The molecule has 0 fully saturated rings. The molecule has 2 rings (SSSR count). The molecule has 2 aromatic carbocycles. The molecule has 5 N–H and O–H groups in total. The molecule has 0 spiro atoms. The molecule has 4 nitrogen and oxygen atoms in total. The third kappa shape index (κ3) is 3.81. The number of rotatable bonds is 6. The lowest BCUT2D eigenvalue weighted by Crippen LogP contribution is -2.21. The molecule has 0 aliphatic rings. The van der Waals surface area contributed by atoms with Gasteiger partial charge in [0.15, 0.2) is 0 Å². The van der Waals surface area contributed by atoms with Crippen molar-refractivity contribution in [2.24, 2.45) is 5.73 Å². The zero-order valence-corrected chi connectivity index (χ0v) is 11.2. The van der Waals surface area contributed by atoms with Crippen molar-refractivity contribution in [3.8, 4) is 0 Å². The maximum absolute atomic E-state index is 9.97. The van der Waals surface area contributed by atoms with E-state index in [2.05, 4.69) is 5.32 Å². The first-order valence-electron chi connectivity index (χ1n) is 6.69. The second-order valence-electron chi connectivity index (χ2n) is 4.70. The van der Waals surface area contributed by atoms with E-state index in [9.17, 15) is 10.2 Å². The van der Waals surface area contributed by atoms with Gasteiger partial charge in [-0.3, -0.25) is 0 Å². The molecule has 0 aromatic heterocycles. The number of benzene rings is 2. The highest BCUT2D eigenvalue weighted by molar-refractivity contribution is 5.59. The van der Waals surface area contributed by atoms with Crippen LogP contribution in [0.2, 0.25) is 0 Å². The molecule has 2 unspecified atom stereocenters. The smallest absolute Gasteiger partial charge is 0.105 e. The molecule has 2 aromatic rings. The summed E-state index contributed by atoms with van der Waals surface area (Å²) in [7, 11) is 0. The van der Waals surface area contributed by atoms with E-state index in [0.717, 1.165) is 11.4 Å². The van der Waals surface area contributed by atoms with Gasteiger partial charge in [0.2, 0.25) is 0 Å². The summed E-state index contributed by atoms with van der Waals surface area (Å²) < 4.78 is 0. The Morgan fingerprint density at radius 1 is 0.900 bits per heavy atom. The van der Waals surface area contributed by atoms with Crippen LogP contribution >= 0.6 is 0 Å². The average Bonchev–Trinajstić information content (AvgIpc) is 2.48. The quantitative estimate of drug-likeness (QED) is 0.650. The molecule has 0 aliphatic carbocycles. The van der Waals surface area contributed by atoms with E-state index in [4.69, 9.17) is 5.73 Å².